The van der Waals surface area contributed by atoms with E-state index in [1.165, 1.54) is 22.7 Å². The molecular weight excluding hydrogens is 289 g/mol. The van der Waals surface area contributed by atoms with Crippen LogP contribution in [0, 0.1) is 39.0 Å². The number of allylic oxidation sites excluding steroid dienone is 1. The van der Waals surface area contributed by atoms with Crippen molar-refractivity contribution in [3.63, 3.8) is 0 Å². The number of nitrogens with zero attached hydrogens (tertiary/aromatic N) is 3. The lowest BCUT2D eigenvalue weighted by Crippen LogP contribution is -1.94. The quantitative estimate of drug-likeness (QED) is 0.496. The minimum Gasteiger partial charge on any atom is -0.565 e. The van der Waals surface area contributed by atoms with Gasteiger partial charge in [-0.3, -0.25) is 0 Å². The highest BCUT2D eigenvalue weighted by atomic mass is 32.1. The molecule has 0 atom stereocenters. The molecule has 20 heavy (non-hydrogen) atoms. The average Bonchev–Trinajstić information content (AvgIpc) is 2.90. The summed E-state index contributed by atoms with van der Waals surface area (Å²) >= 11 is 2.89. The van der Waals surface area contributed by atoms with Crippen LogP contribution in [-0.4, -0.2) is 18.0 Å². The lowest BCUT2D eigenvalue weighted by Gasteiger charge is -2.05. The fraction of sp³-hybridized carbons (Fsp3) is 0.308. The van der Waals surface area contributed by atoms with Crippen molar-refractivity contribution in [1.82, 2.24) is 9.97 Å². The summed E-state index contributed by atoms with van der Waals surface area (Å²) in [5.41, 5.74) is 2.13. The van der Waals surface area contributed by atoms with Crippen LogP contribution < -0.4 is 0 Å². The Balaban J connectivity index is 2.62. The Labute approximate surface area is 127 Å². The van der Waals surface area contributed by atoms with Crippen LogP contribution in [-0.2, 0) is 4.65 Å². The predicted molar refractivity (Wildman–Crippen MR) is 82.4 cm³/mol. The Morgan fingerprint density at radius 1 is 1.05 bits per heavy atom. The summed E-state index contributed by atoms with van der Waals surface area (Å²) in [6.07, 6.45) is 0. The number of thiazole rings is 2. The Kier molecular flexibility index (Phi) is 4.26. The first-order valence-corrected chi connectivity index (χ1v) is 7.51. The summed E-state index contributed by atoms with van der Waals surface area (Å²) in [7, 11) is 5.36. The van der Waals surface area contributed by atoms with E-state index in [0.717, 1.165) is 21.1 Å². The van der Waals surface area contributed by atoms with E-state index in [-0.39, 0.29) is 5.76 Å². The van der Waals surface area contributed by atoms with Gasteiger partial charge in [0.25, 0.3) is 0 Å². The standard InChI is InChI=1S/C13H12BN3OS2/c1-6-8(3)19-12(16-6)10(5-15)11(18-14)13-17-7(2)9(4)20-13/h1-4H3. The van der Waals surface area contributed by atoms with E-state index in [0.29, 0.717) is 15.6 Å². The zero-order chi connectivity index (χ0) is 14.9. The topological polar surface area (TPSA) is 58.8 Å². The van der Waals surface area contributed by atoms with E-state index in [2.05, 4.69) is 16.0 Å². The molecule has 0 saturated heterocycles. The number of nitriles is 1. The van der Waals surface area contributed by atoms with Gasteiger partial charge in [-0.2, -0.15) is 5.26 Å². The first-order chi connectivity index (χ1) is 9.47. The first-order valence-electron chi connectivity index (χ1n) is 5.87. The Hall–Kier alpha value is -1.65. The molecule has 2 radical (unpaired) electrons. The van der Waals surface area contributed by atoms with Crippen molar-refractivity contribution < 1.29 is 4.65 Å². The molecule has 2 aromatic rings. The molecule has 7 heteroatoms. The second kappa shape index (κ2) is 5.77. The van der Waals surface area contributed by atoms with Gasteiger partial charge >= 0.3 is 8.05 Å². The van der Waals surface area contributed by atoms with Crippen molar-refractivity contribution in [3.05, 3.63) is 31.2 Å². The number of aromatic nitrogens is 2. The molecule has 0 bridgehead atoms. The van der Waals surface area contributed by atoms with Gasteiger partial charge < -0.3 is 4.65 Å². The van der Waals surface area contributed by atoms with E-state index in [1.54, 1.807) is 0 Å². The minimum atomic E-state index is 0.280. The van der Waals surface area contributed by atoms with Crippen LogP contribution in [0.4, 0.5) is 0 Å². The summed E-state index contributed by atoms with van der Waals surface area (Å²) in [4.78, 5) is 10.9. The summed E-state index contributed by atoms with van der Waals surface area (Å²) in [6, 6.07) is 2.13. The smallest absolute Gasteiger partial charge is 0.374 e. The first kappa shape index (κ1) is 14.8. The molecule has 2 heterocycles. The maximum atomic E-state index is 9.42. The number of rotatable bonds is 3. The van der Waals surface area contributed by atoms with Crippen LogP contribution in [0.25, 0.3) is 11.3 Å². The molecule has 4 nitrogen and oxygen atoms in total. The van der Waals surface area contributed by atoms with Crippen LogP contribution in [0.2, 0.25) is 0 Å². The number of hydrogen-bond donors (Lipinski definition) is 0. The highest BCUT2D eigenvalue weighted by Gasteiger charge is 2.19. The number of hydrogen-bond acceptors (Lipinski definition) is 6. The second-order valence-electron chi connectivity index (χ2n) is 4.26. The molecule has 0 spiro atoms. The highest BCUT2D eigenvalue weighted by Crippen LogP contribution is 2.32. The van der Waals surface area contributed by atoms with Crippen LogP contribution >= 0.6 is 22.7 Å². The van der Waals surface area contributed by atoms with Gasteiger partial charge in [-0.25, -0.2) is 9.97 Å². The van der Waals surface area contributed by atoms with Gasteiger partial charge in [0.1, 0.15) is 16.6 Å². The van der Waals surface area contributed by atoms with Crippen LogP contribution in [0.15, 0.2) is 0 Å². The molecule has 0 aromatic carbocycles. The molecule has 100 valence electrons. The monoisotopic (exact) mass is 301 g/mol. The van der Waals surface area contributed by atoms with E-state index in [1.807, 2.05) is 27.7 Å². The summed E-state index contributed by atoms with van der Waals surface area (Å²) in [5, 5.41) is 10.6. The fourth-order valence-corrected chi connectivity index (χ4v) is 3.38. The third kappa shape index (κ3) is 2.62. The molecular formula is C13H12BN3OS2. The molecule has 0 N–H and O–H groups in total. The zero-order valence-electron chi connectivity index (χ0n) is 11.6. The second-order valence-corrected chi connectivity index (χ2v) is 6.66. The van der Waals surface area contributed by atoms with Gasteiger partial charge in [0.15, 0.2) is 10.8 Å². The van der Waals surface area contributed by atoms with Crippen molar-refractivity contribution in [2.24, 2.45) is 0 Å². The molecule has 0 fully saturated rings. The Bertz CT molecular complexity index is 686. The molecule has 0 aliphatic carbocycles. The minimum absolute atomic E-state index is 0.280. The highest BCUT2D eigenvalue weighted by molar-refractivity contribution is 7.13. The van der Waals surface area contributed by atoms with Gasteiger partial charge in [-0.05, 0) is 27.7 Å². The molecule has 2 rings (SSSR count). The van der Waals surface area contributed by atoms with E-state index in [9.17, 15) is 5.26 Å². The van der Waals surface area contributed by atoms with Crippen molar-refractivity contribution in [2.75, 3.05) is 0 Å². The normalized spacial score (nSPS) is 11.9. The van der Waals surface area contributed by atoms with Crippen LogP contribution in [0.3, 0.4) is 0 Å². The van der Waals surface area contributed by atoms with Gasteiger partial charge in [0.2, 0.25) is 0 Å². The zero-order valence-corrected chi connectivity index (χ0v) is 13.3. The van der Waals surface area contributed by atoms with Crippen molar-refractivity contribution in [1.29, 1.82) is 5.26 Å². The summed E-state index contributed by atoms with van der Waals surface area (Å²) in [5.74, 6) is 0.280. The predicted octanol–water partition coefficient (Wildman–Crippen LogP) is 3.33. The van der Waals surface area contributed by atoms with Gasteiger partial charge in [-0.15, -0.1) is 22.7 Å². The van der Waals surface area contributed by atoms with E-state index >= 15 is 0 Å². The molecule has 0 saturated carbocycles. The fourth-order valence-electron chi connectivity index (χ4n) is 1.56. The largest absolute Gasteiger partial charge is 0.565 e. The van der Waals surface area contributed by atoms with Crippen LogP contribution in [0.5, 0.6) is 0 Å². The van der Waals surface area contributed by atoms with Crippen molar-refractivity contribution in [3.8, 4) is 6.07 Å². The maximum absolute atomic E-state index is 9.42. The van der Waals surface area contributed by atoms with E-state index < -0.39 is 0 Å². The summed E-state index contributed by atoms with van der Waals surface area (Å²) < 4.78 is 4.93. The average molecular weight is 301 g/mol. The Morgan fingerprint density at radius 2 is 1.55 bits per heavy atom. The lowest BCUT2D eigenvalue weighted by molar-refractivity contribution is 0.573. The molecule has 0 aliphatic rings. The summed E-state index contributed by atoms with van der Waals surface area (Å²) in [6.45, 7) is 7.75. The third-order valence-corrected chi connectivity index (χ3v) is 5.08. The Morgan fingerprint density at radius 3 is 1.90 bits per heavy atom. The van der Waals surface area contributed by atoms with Crippen molar-refractivity contribution in [2.45, 2.75) is 27.7 Å². The van der Waals surface area contributed by atoms with E-state index in [4.69, 9.17) is 12.7 Å². The van der Waals surface area contributed by atoms with Gasteiger partial charge in [-0.1, -0.05) is 0 Å². The van der Waals surface area contributed by atoms with Crippen LogP contribution in [0.1, 0.15) is 31.2 Å². The lowest BCUT2D eigenvalue weighted by atomic mass is 10.2. The maximum Gasteiger partial charge on any atom is 0.374 e. The molecule has 2 aromatic heterocycles. The SMILES string of the molecule is [B]OC(=C(C#N)c1nc(C)c(C)s1)c1nc(C)c(C)s1. The van der Waals surface area contributed by atoms with Gasteiger partial charge in [0, 0.05) is 9.75 Å². The molecule has 0 unspecified atom stereocenters. The van der Waals surface area contributed by atoms with Crippen molar-refractivity contribution >= 4 is 42.1 Å². The molecule has 0 aliphatic heterocycles. The van der Waals surface area contributed by atoms with Gasteiger partial charge in [0.05, 0.1) is 11.4 Å². The molecule has 0 amide bonds. The number of aryl methyl sites for hydroxylation is 4. The third-order valence-electron chi connectivity index (χ3n) is 2.92.